The number of amides is 1. The Bertz CT molecular complexity index is 897. The summed E-state index contributed by atoms with van der Waals surface area (Å²) >= 11 is 0. The molecule has 32 heavy (non-hydrogen) atoms. The quantitative estimate of drug-likeness (QED) is 0.720. The summed E-state index contributed by atoms with van der Waals surface area (Å²) in [6.45, 7) is 3.98. The average Bonchev–Trinajstić information content (AvgIpc) is 3.25. The van der Waals surface area contributed by atoms with Gasteiger partial charge in [0.05, 0.1) is 24.8 Å². The molecule has 2 fully saturated rings. The Balaban J connectivity index is 1.33. The minimum absolute atomic E-state index is 0.146. The number of likely N-dealkylation sites (N-methyl/N-ethyl adjacent to an activating group) is 1. The number of nitrogens with zero attached hydrogens (tertiary/aromatic N) is 5. The van der Waals surface area contributed by atoms with Gasteiger partial charge in [-0.05, 0) is 63.8 Å². The molecular formula is C25H36N6O. The summed E-state index contributed by atoms with van der Waals surface area (Å²) in [5, 5.41) is 3.15. The van der Waals surface area contributed by atoms with Crippen molar-refractivity contribution in [2.75, 3.05) is 52.6 Å². The van der Waals surface area contributed by atoms with Gasteiger partial charge in [-0.15, -0.1) is 0 Å². The van der Waals surface area contributed by atoms with Gasteiger partial charge in [-0.25, -0.2) is 9.97 Å². The number of piperidine rings is 1. The lowest BCUT2D eigenvalue weighted by atomic mass is 9.89. The van der Waals surface area contributed by atoms with Crippen molar-refractivity contribution in [3.05, 3.63) is 53.5 Å². The molecule has 3 heterocycles. The van der Waals surface area contributed by atoms with Crippen LogP contribution in [0.4, 0.5) is 5.82 Å². The van der Waals surface area contributed by atoms with Gasteiger partial charge in [-0.1, -0.05) is 30.3 Å². The number of rotatable bonds is 7. The molecule has 1 atom stereocenters. The fourth-order valence-corrected chi connectivity index (χ4v) is 4.91. The van der Waals surface area contributed by atoms with Gasteiger partial charge in [0.25, 0.3) is 0 Å². The number of nitrogens with one attached hydrogen (secondary N) is 1. The smallest absolute Gasteiger partial charge is 0.236 e. The first-order chi connectivity index (χ1) is 15.5. The first-order valence-electron chi connectivity index (χ1n) is 11.8. The second-order valence-electron chi connectivity index (χ2n) is 9.20. The van der Waals surface area contributed by atoms with E-state index in [1.807, 2.05) is 20.2 Å². The highest BCUT2D eigenvalue weighted by Gasteiger charge is 2.27. The summed E-state index contributed by atoms with van der Waals surface area (Å²) in [7, 11) is 5.88. The Morgan fingerprint density at radius 2 is 1.88 bits per heavy atom. The third-order valence-electron chi connectivity index (χ3n) is 6.91. The summed E-state index contributed by atoms with van der Waals surface area (Å²) in [5.74, 6) is 2.42. The van der Waals surface area contributed by atoms with Gasteiger partial charge in [0.1, 0.15) is 11.6 Å². The minimum atomic E-state index is 0.146. The lowest BCUT2D eigenvalue weighted by molar-refractivity contribution is -0.132. The number of anilines is 1. The lowest BCUT2D eigenvalue weighted by Crippen LogP contribution is -2.41. The Labute approximate surface area is 191 Å². The van der Waals surface area contributed by atoms with Crippen LogP contribution >= 0.6 is 0 Å². The van der Waals surface area contributed by atoms with E-state index in [1.54, 1.807) is 4.90 Å². The van der Waals surface area contributed by atoms with E-state index in [9.17, 15) is 4.79 Å². The molecule has 0 spiro atoms. The van der Waals surface area contributed by atoms with Crippen molar-refractivity contribution in [3.63, 3.8) is 0 Å². The predicted octanol–water partition coefficient (Wildman–Crippen LogP) is 3.12. The predicted molar refractivity (Wildman–Crippen MR) is 128 cm³/mol. The van der Waals surface area contributed by atoms with Crippen LogP contribution in [-0.4, -0.2) is 77.9 Å². The molecular weight excluding hydrogens is 400 g/mol. The van der Waals surface area contributed by atoms with Gasteiger partial charge in [-0.2, -0.15) is 0 Å². The summed E-state index contributed by atoms with van der Waals surface area (Å²) in [6, 6.07) is 12.9. The number of aromatic nitrogens is 2. The van der Waals surface area contributed by atoms with Crippen molar-refractivity contribution in [2.45, 2.75) is 44.2 Å². The molecule has 172 valence electrons. The standard InChI is InChI=1S/C25H36N6O/c1-26-23-16-21(27-25(28-23)22-10-7-13-29(22)2)17-30(3)24(32)18-31-14-11-20(12-15-31)19-8-5-4-6-9-19/h4-6,8-9,16,20,22H,7,10-15,17-18H2,1-3H3,(H,26,27,28). The zero-order chi connectivity index (χ0) is 22.5. The second-order valence-corrected chi connectivity index (χ2v) is 9.20. The molecule has 1 unspecified atom stereocenters. The molecule has 1 N–H and O–H groups in total. The molecule has 2 aliphatic heterocycles. The largest absolute Gasteiger partial charge is 0.373 e. The van der Waals surface area contributed by atoms with Gasteiger partial charge in [-0.3, -0.25) is 14.6 Å². The van der Waals surface area contributed by atoms with Crippen molar-refractivity contribution in [1.82, 2.24) is 24.7 Å². The van der Waals surface area contributed by atoms with Crippen LogP contribution in [0.1, 0.15) is 54.7 Å². The highest BCUT2D eigenvalue weighted by molar-refractivity contribution is 5.78. The Morgan fingerprint density at radius 3 is 2.53 bits per heavy atom. The summed E-state index contributed by atoms with van der Waals surface area (Å²) < 4.78 is 0. The molecule has 1 aromatic carbocycles. The highest BCUT2D eigenvalue weighted by atomic mass is 16.2. The van der Waals surface area contributed by atoms with Gasteiger partial charge < -0.3 is 10.2 Å². The second kappa shape index (κ2) is 10.4. The zero-order valence-corrected chi connectivity index (χ0v) is 19.6. The monoisotopic (exact) mass is 436 g/mol. The summed E-state index contributed by atoms with van der Waals surface area (Å²) in [6.07, 6.45) is 4.47. The molecule has 2 saturated heterocycles. The minimum Gasteiger partial charge on any atom is -0.373 e. The Kier molecular flexibility index (Phi) is 7.37. The van der Waals surface area contributed by atoms with Crippen molar-refractivity contribution in [1.29, 1.82) is 0 Å². The number of carbonyl (C=O) groups is 1. The molecule has 1 amide bonds. The van der Waals surface area contributed by atoms with Crippen LogP contribution in [0.25, 0.3) is 0 Å². The number of hydrogen-bond donors (Lipinski definition) is 1. The van der Waals surface area contributed by atoms with Crippen molar-refractivity contribution in [3.8, 4) is 0 Å². The average molecular weight is 437 g/mol. The van der Waals surface area contributed by atoms with Gasteiger partial charge >= 0.3 is 0 Å². The molecule has 0 radical (unpaired) electrons. The number of likely N-dealkylation sites (tertiary alicyclic amines) is 2. The molecule has 0 saturated carbocycles. The highest BCUT2D eigenvalue weighted by Crippen LogP contribution is 2.29. The van der Waals surface area contributed by atoms with Crippen molar-refractivity contribution >= 4 is 11.7 Å². The van der Waals surface area contributed by atoms with E-state index in [1.165, 1.54) is 12.0 Å². The third kappa shape index (κ3) is 5.45. The van der Waals surface area contributed by atoms with Crippen LogP contribution < -0.4 is 5.32 Å². The van der Waals surface area contributed by atoms with Gasteiger partial charge in [0.15, 0.2) is 0 Å². The fraction of sp³-hybridized carbons (Fsp3) is 0.560. The van der Waals surface area contributed by atoms with Crippen LogP contribution in [0.5, 0.6) is 0 Å². The molecule has 0 aliphatic carbocycles. The fourth-order valence-electron chi connectivity index (χ4n) is 4.91. The van der Waals surface area contributed by atoms with E-state index in [-0.39, 0.29) is 11.9 Å². The van der Waals surface area contributed by atoms with E-state index >= 15 is 0 Å². The molecule has 1 aromatic heterocycles. The third-order valence-corrected chi connectivity index (χ3v) is 6.91. The first kappa shape index (κ1) is 22.7. The van der Waals surface area contributed by atoms with E-state index < -0.39 is 0 Å². The zero-order valence-electron chi connectivity index (χ0n) is 19.6. The SMILES string of the molecule is CNc1cc(CN(C)C(=O)CN2CCC(c3ccccc3)CC2)nc(C2CCCN2C)n1. The maximum absolute atomic E-state index is 12.9. The van der Waals surface area contributed by atoms with Crippen LogP contribution in [0.15, 0.2) is 36.4 Å². The molecule has 2 aromatic rings. The van der Waals surface area contributed by atoms with E-state index in [0.29, 0.717) is 19.0 Å². The molecule has 0 bridgehead atoms. The number of carbonyl (C=O) groups excluding carboxylic acids is 1. The van der Waals surface area contributed by atoms with Crippen LogP contribution in [0.3, 0.4) is 0 Å². The number of hydrogen-bond acceptors (Lipinski definition) is 6. The molecule has 7 nitrogen and oxygen atoms in total. The van der Waals surface area contributed by atoms with Gasteiger partial charge in [0.2, 0.25) is 5.91 Å². The van der Waals surface area contributed by atoms with E-state index in [4.69, 9.17) is 4.98 Å². The normalized spacial score (nSPS) is 20.4. The topological polar surface area (TPSA) is 64.6 Å². The van der Waals surface area contributed by atoms with Crippen LogP contribution in [0.2, 0.25) is 0 Å². The van der Waals surface area contributed by atoms with Gasteiger partial charge in [0, 0.05) is 20.2 Å². The first-order valence-corrected chi connectivity index (χ1v) is 11.8. The van der Waals surface area contributed by atoms with E-state index in [2.05, 4.69) is 57.5 Å². The molecule has 2 aliphatic rings. The lowest BCUT2D eigenvalue weighted by Gasteiger charge is -2.32. The molecule has 4 rings (SSSR count). The van der Waals surface area contributed by atoms with E-state index in [0.717, 1.165) is 56.2 Å². The Morgan fingerprint density at radius 1 is 1.12 bits per heavy atom. The number of benzene rings is 1. The summed E-state index contributed by atoms with van der Waals surface area (Å²) in [5.41, 5.74) is 2.31. The molecule has 7 heteroatoms. The van der Waals surface area contributed by atoms with Crippen LogP contribution in [-0.2, 0) is 11.3 Å². The Hall–Kier alpha value is -2.51. The van der Waals surface area contributed by atoms with Crippen molar-refractivity contribution < 1.29 is 4.79 Å². The maximum Gasteiger partial charge on any atom is 0.236 e. The summed E-state index contributed by atoms with van der Waals surface area (Å²) in [4.78, 5) is 28.8. The van der Waals surface area contributed by atoms with Crippen molar-refractivity contribution in [2.24, 2.45) is 0 Å². The van der Waals surface area contributed by atoms with Crippen LogP contribution in [0, 0.1) is 0 Å². The maximum atomic E-state index is 12.9.